The number of carboxylic acid groups (broad SMARTS) is 3. The van der Waals surface area contributed by atoms with E-state index in [4.69, 9.17) is 0 Å². The summed E-state index contributed by atoms with van der Waals surface area (Å²) in [6, 6.07) is 13.2. The number of carbonyl (C=O) groups is 3. The minimum Gasteiger partial charge on any atom is -0.545 e. The Morgan fingerprint density at radius 2 is 0.651 bits per heavy atom. The SMILES string of the molecule is CC(C)(C)c1c(O)cccc1C(=O)[O-].CC(C)(C)c1c(O)cccc1C(=O)[O-].CC(C)(C)c1c(O)cccc1C(=O)[O-].[Al+3]. The largest absolute Gasteiger partial charge is 3.00 e. The number of aromatic hydroxyl groups is 3. The van der Waals surface area contributed by atoms with E-state index in [2.05, 4.69) is 0 Å². The quantitative estimate of drug-likeness (QED) is 0.378. The van der Waals surface area contributed by atoms with Crippen LogP contribution in [0.5, 0.6) is 17.2 Å². The predicted molar refractivity (Wildman–Crippen MR) is 159 cm³/mol. The number of carbonyl (C=O) groups excluding carboxylic acids is 3. The summed E-state index contributed by atoms with van der Waals surface area (Å²) < 4.78 is 0. The van der Waals surface area contributed by atoms with Gasteiger partial charge in [0, 0.05) is 33.4 Å². The Morgan fingerprint density at radius 3 is 0.767 bits per heavy atom. The number of phenols is 3. The van der Waals surface area contributed by atoms with Crippen molar-refractivity contribution in [3.8, 4) is 17.2 Å². The van der Waals surface area contributed by atoms with Crippen molar-refractivity contribution in [3.63, 3.8) is 0 Å². The number of hydrogen-bond donors (Lipinski definition) is 3. The van der Waals surface area contributed by atoms with Crippen LogP contribution in [-0.2, 0) is 16.2 Å². The van der Waals surface area contributed by atoms with E-state index in [0.29, 0.717) is 16.7 Å². The van der Waals surface area contributed by atoms with Gasteiger partial charge in [-0.1, -0.05) is 98.7 Å². The van der Waals surface area contributed by atoms with Crippen LogP contribution in [0.4, 0.5) is 0 Å². The molecule has 3 aromatic rings. The second-order valence-electron chi connectivity index (χ2n) is 12.7. The van der Waals surface area contributed by atoms with E-state index in [1.54, 1.807) is 0 Å². The standard InChI is InChI=1S/3C11H14O3.Al/c3*1-11(2,3)9-7(10(13)14)5-4-6-8(9)12;/h3*4-6,12H,1-3H3,(H,13,14);/q;;;+3/p-3. The van der Waals surface area contributed by atoms with Crippen LogP contribution in [0.1, 0.15) is 110 Å². The van der Waals surface area contributed by atoms with Crippen molar-refractivity contribution in [1.29, 1.82) is 0 Å². The van der Waals surface area contributed by atoms with Gasteiger partial charge >= 0.3 is 17.4 Å². The van der Waals surface area contributed by atoms with Crippen molar-refractivity contribution in [2.24, 2.45) is 0 Å². The van der Waals surface area contributed by atoms with Gasteiger partial charge in [0.2, 0.25) is 0 Å². The van der Waals surface area contributed by atoms with Crippen molar-refractivity contribution in [3.05, 3.63) is 88.0 Å². The minimum atomic E-state index is -1.26. The van der Waals surface area contributed by atoms with E-state index in [1.165, 1.54) is 54.6 Å². The molecule has 0 spiro atoms. The molecule has 0 amide bonds. The van der Waals surface area contributed by atoms with Gasteiger partial charge < -0.3 is 45.0 Å². The van der Waals surface area contributed by atoms with Crippen LogP contribution in [0, 0.1) is 0 Å². The molecule has 0 atom stereocenters. The van der Waals surface area contributed by atoms with E-state index in [-0.39, 0.29) is 51.3 Å². The molecular formula is C33H39AlO9. The van der Waals surface area contributed by atoms with Gasteiger partial charge in [-0.25, -0.2) is 0 Å². The van der Waals surface area contributed by atoms with Crippen molar-refractivity contribution in [2.75, 3.05) is 0 Å². The molecular weight excluding hydrogens is 567 g/mol. The van der Waals surface area contributed by atoms with Gasteiger partial charge in [-0.3, -0.25) is 0 Å². The Labute approximate surface area is 263 Å². The molecule has 0 saturated carbocycles. The van der Waals surface area contributed by atoms with Crippen LogP contribution in [0.3, 0.4) is 0 Å². The molecule has 0 aliphatic rings. The predicted octanol–water partition coefficient (Wildman–Crippen LogP) is 2.78. The number of phenolic OH excluding ortho intramolecular Hbond substituents is 3. The van der Waals surface area contributed by atoms with Crippen molar-refractivity contribution in [1.82, 2.24) is 0 Å². The molecule has 0 heterocycles. The summed E-state index contributed by atoms with van der Waals surface area (Å²) in [5, 5.41) is 61.1. The van der Waals surface area contributed by atoms with Crippen LogP contribution in [0.25, 0.3) is 0 Å². The maximum absolute atomic E-state index is 10.8. The average molecular weight is 607 g/mol. The molecule has 0 saturated heterocycles. The minimum absolute atomic E-state index is 0. The van der Waals surface area contributed by atoms with Crippen molar-refractivity contribution in [2.45, 2.75) is 78.6 Å². The van der Waals surface area contributed by atoms with E-state index in [9.17, 15) is 45.0 Å². The fraction of sp³-hybridized carbons (Fsp3) is 0.364. The molecule has 10 heteroatoms. The molecule has 0 aliphatic heterocycles. The molecule has 0 radical (unpaired) electrons. The Bertz CT molecular complexity index is 1270. The molecule has 3 N–H and O–H groups in total. The number of rotatable bonds is 3. The van der Waals surface area contributed by atoms with E-state index in [1.807, 2.05) is 62.3 Å². The van der Waals surface area contributed by atoms with E-state index < -0.39 is 34.2 Å². The summed E-state index contributed by atoms with van der Waals surface area (Å²) >= 11 is 0. The van der Waals surface area contributed by atoms with Crippen molar-refractivity contribution >= 4 is 35.3 Å². The fourth-order valence-electron chi connectivity index (χ4n) is 4.50. The van der Waals surface area contributed by atoms with Crippen molar-refractivity contribution < 1.29 is 45.0 Å². The number of benzene rings is 3. The molecule has 3 rings (SSSR count). The number of hydrogen-bond acceptors (Lipinski definition) is 9. The summed E-state index contributed by atoms with van der Waals surface area (Å²) in [6.07, 6.45) is 0. The molecule has 43 heavy (non-hydrogen) atoms. The third-order valence-corrected chi connectivity index (χ3v) is 6.04. The molecule has 0 bridgehead atoms. The van der Waals surface area contributed by atoms with Crippen LogP contribution in [0.15, 0.2) is 54.6 Å². The second-order valence-corrected chi connectivity index (χ2v) is 12.7. The molecule has 0 aliphatic carbocycles. The normalized spacial score (nSPS) is 11.1. The monoisotopic (exact) mass is 606 g/mol. The molecule has 9 nitrogen and oxygen atoms in total. The van der Waals surface area contributed by atoms with Gasteiger partial charge in [-0.15, -0.1) is 0 Å². The topological polar surface area (TPSA) is 181 Å². The maximum atomic E-state index is 10.8. The van der Waals surface area contributed by atoms with Gasteiger partial charge in [-0.2, -0.15) is 0 Å². The molecule has 3 aromatic carbocycles. The maximum Gasteiger partial charge on any atom is 3.00 e. The van der Waals surface area contributed by atoms with E-state index >= 15 is 0 Å². The Hall–Kier alpha value is -4.00. The summed E-state index contributed by atoms with van der Waals surface area (Å²) in [5.41, 5.74) is 0.162. The third-order valence-electron chi connectivity index (χ3n) is 6.04. The molecule has 0 fully saturated rings. The van der Waals surface area contributed by atoms with Crippen LogP contribution in [-0.4, -0.2) is 50.6 Å². The molecule has 228 valence electrons. The average Bonchev–Trinajstić information content (AvgIpc) is 2.82. The molecule has 0 unspecified atom stereocenters. The zero-order valence-corrected chi connectivity index (χ0v) is 27.2. The Kier molecular flexibility index (Phi) is 13.6. The summed E-state index contributed by atoms with van der Waals surface area (Å²) in [5.74, 6) is -3.78. The van der Waals surface area contributed by atoms with Gasteiger partial charge in [-0.05, 0) is 34.4 Å². The first-order valence-electron chi connectivity index (χ1n) is 13.1. The Balaban J connectivity index is 0.000000608. The number of carboxylic acids is 3. The van der Waals surface area contributed by atoms with Gasteiger partial charge in [0.15, 0.2) is 0 Å². The zero-order chi connectivity index (χ0) is 32.8. The Morgan fingerprint density at radius 1 is 0.465 bits per heavy atom. The zero-order valence-electron chi connectivity index (χ0n) is 26.1. The summed E-state index contributed by atoms with van der Waals surface area (Å²) in [7, 11) is 0. The van der Waals surface area contributed by atoms with Gasteiger partial charge in [0.25, 0.3) is 0 Å². The van der Waals surface area contributed by atoms with Crippen LogP contribution in [0.2, 0.25) is 0 Å². The molecule has 0 aromatic heterocycles. The first kappa shape index (κ1) is 39.0. The van der Waals surface area contributed by atoms with Crippen LogP contribution < -0.4 is 15.3 Å². The van der Waals surface area contributed by atoms with Gasteiger partial charge in [0.1, 0.15) is 17.2 Å². The second kappa shape index (κ2) is 14.9. The summed E-state index contributed by atoms with van der Waals surface area (Å²) in [6.45, 7) is 16.6. The van der Waals surface area contributed by atoms with E-state index in [0.717, 1.165) is 0 Å². The van der Waals surface area contributed by atoms with Gasteiger partial charge in [0.05, 0.1) is 17.9 Å². The first-order chi connectivity index (χ1) is 19.0. The number of aromatic carboxylic acids is 3. The first-order valence-corrected chi connectivity index (χ1v) is 13.1. The third kappa shape index (κ3) is 10.7. The smallest absolute Gasteiger partial charge is 0.545 e. The van der Waals surface area contributed by atoms with Crippen LogP contribution >= 0.6 is 0 Å². The summed E-state index contributed by atoms with van der Waals surface area (Å²) in [4.78, 5) is 32.4. The fourth-order valence-corrected chi connectivity index (χ4v) is 4.50.